The minimum absolute atomic E-state index is 0.0599. The van der Waals surface area contributed by atoms with Gasteiger partial charge in [-0.15, -0.1) is 0 Å². The van der Waals surface area contributed by atoms with E-state index in [1.807, 2.05) is 13.8 Å². The lowest BCUT2D eigenvalue weighted by molar-refractivity contribution is 0.109. The molecule has 0 aromatic rings. The van der Waals surface area contributed by atoms with Crippen molar-refractivity contribution in [1.29, 1.82) is 0 Å². The van der Waals surface area contributed by atoms with E-state index < -0.39 is 9.84 Å². The van der Waals surface area contributed by atoms with E-state index in [2.05, 4.69) is 29.5 Å². The normalized spacial score (nSPS) is 14.2. The van der Waals surface area contributed by atoms with E-state index in [0.29, 0.717) is 25.5 Å². The van der Waals surface area contributed by atoms with Crippen LogP contribution in [0.3, 0.4) is 0 Å². The molecule has 0 amide bonds. The molecule has 7 heteroatoms. The number of aliphatic imine (C=N–C) groups is 1. The molecule has 0 aliphatic heterocycles. The summed E-state index contributed by atoms with van der Waals surface area (Å²) < 4.78 is 27.9. The van der Waals surface area contributed by atoms with Crippen LogP contribution in [0.15, 0.2) is 4.99 Å². The second kappa shape index (κ2) is 11.7. The van der Waals surface area contributed by atoms with Crippen molar-refractivity contribution in [3.8, 4) is 0 Å². The van der Waals surface area contributed by atoms with E-state index in [4.69, 9.17) is 4.74 Å². The molecular formula is C15H33N3O3S. The number of guanidine groups is 1. The molecule has 6 nitrogen and oxygen atoms in total. The Kier molecular flexibility index (Phi) is 11.3. The summed E-state index contributed by atoms with van der Waals surface area (Å²) in [4.78, 5) is 4.48. The van der Waals surface area contributed by atoms with Crippen LogP contribution >= 0.6 is 0 Å². The molecule has 132 valence electrons. The first-order chi connectivity index (χ1) is 10.2. The Labute approximate surface area is 136 Å². The van der Waals surface area contributed by atoms with Crippen molar-refractivity contribution in [2.75, 3.05) is 38.3 Å². The first-order valence-corrected chi connectivity index (χ1v) is 10.1. The number of sulfone groups is 1. The number of ether oxygens (including phenoxy) is 1. The van der Waals surface area contributed by atoms with Crippen LogP contribution in [0.5, 0.6) is 0 Å². The average molecular weight is 336 g/mol. The summed E-state index contributed by atoms with van der Waals surface area (Å²) in [5, 5.41) is 6.40. The highest BCUT2D eigenvalue weighted by molar-refractivity contribution is 7.90. The first-order valence-electron chi connectivity index (χ1n) is 8.05. The molecule has 0 aromatic heterocycles. The van der Waals surface area contributed by atoms with Crippen LogP contribution in [0.25, 0.3) is 0 Å². The SMILES string of the molecule is CCNC(=NCCCOCC(C)C)NC(C)CCS(C)(=O)=O. The van der Waals surface area contributed by atoms with Gasteiger partial charge in [-0.3, -0.25) is 4.99 Å². The zero-order chi connectivity index (χ0) is 17.0. The second-order valence-corrected chi connectivity index (χ2v) is 8.31. The Hall–Kier alpha value is -0.820. The molecule has 0 fully saturated rings. The topological polar surface area (TPSA) is 79.8 Å². The Morgan fingerprint density at radius 3 is 2.50 bits per heavy atom. The summed E-state index contributed by atoms with van der Waals surface area (Å²) >= 11 is 0. The van der Waals surface area contributed by atoms with Crippen molar-refractivity contribution >= 4 is 15.8 Å². The molecular weight excluding hydrogens is 302 g/mol. The fourth-order valence-corrected chi connectivity index (χ4v) is 2.47. The summed E-state index contributed by atoms with van der Waals surface area (Å²) in [6, 6.07) is 0.0599. The molecule has 22 heavy (non-hydrogen) atoms. The Morgan fingerprint density at radius 1 is 1.27 bits per heavy atom. The molecule has 0 saturated carbocycles. The fraction of sp³-hybridized carbons (Fsp3) is 0.933. The van der Waals surface area contributed by atoms with Gasteiger partial charge in [0.05, 0.1) is 5.75 Å². The van der Waals surface area contributed by atoms with Gasteiger partial charge in [0.2, 0.25) is 0 Å². The van der Waals surface area contributed by atoms with E-state index in [1.54, 1.807) is 0 Å². The molecule has 0 bridgehead atoms. The molecule has 0 aromatic carbocycles. The van der Waals surface area contributed by atoms with Crippen molar-refractivity contribution in [3.63, 3.8) is 0 Å². The van der Waals surface area contributed by atoms with Crippen LogP contribution in [0.1, 0.15) is 40.5 Å². The predicted octanol–water partition coefficient (Wildman–Crippen LogP) is 1.43. The molecule has 0 rings (SSSR count). The monoisotopic (exact) mass is 335 g/mol. The highest BCUT2D eigenvalue weighted by Crippen LogP contribution is 1.96. The maximum atomic E-state index is 11.2. The molecule has 1 unspecified atom stereocenters. The van der Waals surface area contributed by atoms with Crippen LogP contribution in [-0.4, -0.2) is 58.7 Å². The first kappa shape index (κ1) is 21.2. The molecule has 1 atom stereocenters. The van der Waals surface area contributed by atoms with Crippen molar-refractivity contribution in [1.82, 2.24) is 10.6 Å². The van der Waals surface area contributed by atoms with Gasteiger partial charge in [0.1, 0.15) is 9.84 Å². The molecule has 0 saturated heterocycles. The molecule has 0 radical (unpaired) electrons. The van der Waals surface area contributed by atoms with Gasteiger partial charge in [0, 0.05) is 38.6 Å². The van der Waals surface area contributed by atoms with E-state index in [1.165, 1.54) is 6.26 Å². The summed E-state index contributed by atoms with van der Waals surface area (Å²) in [6.07, 6.45) is 2.71. The maximum absolute atomic E-state index is 11.2. The van der Waals surface area contributed by atoms with Gasteiger partial charge in [-0.05, 0) is 32.6 Å². The minimum atomic E-state index is -2.92. The highest BCUT2D eigenvalue weighted by Gasteiger charge is 2.09. The second-order valence-electron chi connectivity index (χ2n) is 6.05. The van der Waals surface area contributed by atoms with Gasteiger partial charge >= 0.3 is 0 Å². The van der Waals surface area contributed by atoms with Crippen LogP contribution in [-0.2, 0) is 14.6 Å². The van der Waals surface area contributed by atoms with Crippen molar-refractivity contribution in [2.45, 2.75) is 46.6 Å². The molecule has 0 spiro atoms. The number of rotatable bonds is 11. The maximum Gasteiger partial charge on any atom is 0.191 e. The molecule has 0 aliphatic carbocycles. The summed E-state index contributed by atoms with van der Waals surface area (Å²) in [6.45, 7) is 11.2. The highest BCUT2D eigenvalue weighted by atomic mass is 32.2. The van der Waals surface area contributed by atoms with Crippen LogP contribution in [0.4, 0.5) is 0 Å². The van der Waals surface area contributed by atoms with Gasteiger partial charge in [0.25, 0.3) is 0 Å². The van der Waals surface area contributed by atoms with Crippen LogP contribution < -0.4 is 10.6 Å². The molecule has 2 N–H and O–H groups in total. The van der Waals surface area contributed by atoms with Gasteiger partial charge in [-0.2, -0.15) is 0 Å². The molecule has 0 aliphatic rings. The lowest BCUT2D eigenvalue weighted by Gasteiger charge is -2.17. The third-order valence-corrected chi connectivity index (χ3v) is 3.79. The van der Waals surface area contributed by atoms with Crippen molar-refractivity contribution in [2.24, 2.45) is 10.9 Å². The van der Waals surface area contributed by atoms with Gasteiger partial charge < -0.3 is 15.4 Å². The quantitative estimate of drug-likeness (QED) is 0.339. The third kappa shape index (κ3) is 14.1. The Balaban J connectivity index is 4.09. The lowest BCUT2D eigenvalue weighted by Crippen LogP contribution is -2.43. The van der Waals surface area contributed by atoms with Gasteiger partial charge in [0.15, 0.2) is 5.96 Å². The summed E-state index contributed by atoms with van der Waals surface area (Å²) in [5.41, 5.74) is 0. The largest absolute Gasteiger partial charge is 0.381 e. The number of nitrogens with one attached hydrogen (secondary N) is 2. The smallest absolute Gasteiger partial charge is 0.191 e. The van der Waals surface area contributed by atoms with Gasteiger partial charge in [-0.25, -0.2) is 8.42 Å². The minimum Gasteiger partial charge on any atom is -0.381 e. The standard InChI is InChI=1S/C15H33N3O3S/c1-6-16-15(17-9-7-10-21-12-13(2)3)18-14(4)8-11-22(5,19)20/h13-14H,6-12H2,1-5H3,(H2,16,17,18). The molecule has 0 heterocycles. The lowest BCUT2D eigenvalue weighted by atomic mass is 10.2. The Bertz CT molecular complexity index is 408. The van der Waals surface area contributed by atoms with E-state index in [0.717, 1.165) is 25.5 Å². The fourth-order valence-electron chi connectivity index (χ4n) is 1.69. The van der Waals surface area contributed by atoms with Crippen LogP contribution in [0, 0.1) is 5.92 Å². The summed E-state index contributed by atoms with van der Waals surface area (Å²) in [7, 11) is -2.92. The van der Waals surface area contributed by atoms with Gasteiger partial charge in [-0.1, -0.05) is 13.8 Å². The van der Waals surface area contributed by atoms with Crippen molar-refractivity contribution < 1.29 is 13.2 Å². The number of nitrogens with zero attached hydrogens (tertiary/aromatic N) is 1. The van der Waals surface area contributed by atoms with Crippen molar-refractivity contribution in [3.05, 3.63) is 0 Å². The van der Waals surface area contributed by atoms with E-state index in [9.17, 15) is 8.42 Å². The summed E-state index contributed by atoms with van der Waals surface area (Å²) in [5.74, 6) is 1.47. The zero-order valence-electron chi connectivity index (χ0n) is 14.7. The predicted molar refractivity (Wildman–Crippen MR) is 93.2 cm³/mol. The third-order valence-electron chi connectivity index (χ3n) is 2.82. The van der Waals surface area contributed by atoms with E-state index >= 15 is 0 Å². The van der Waals surface area contributed by atoms with Crippen LogP contribution in [0.2, 0.25) is 0 Å². The average Bonchev–Trinajstić information content (AvgIpc) is 2.39. The number of hydrogen-bond donors (Lipinski definition) is 2. The zero-order valence-corrected chi connectivity index (χ0v) is 15.5. The number of hydrogen-bond acceptors (Lipinski definition) is 4. The Morgan fingerprint density at radius 2 is 1.95 bits per heavy atom. The van der Waals surface area contributed by atoms with E-state index in [-0.39, 0.29) is 11.8 Å².